The Bertz CT molecular complexity index is 167. The van der Waals surface area contributed by atoms with Crippen molar-refractivity contribution >= 4 is 0 Å². The molecule has 2 aliphatic rings. The summed E-state index contributed by atoms with van der Waals surface area (Å²) in [5, 5.41) is 0. The van der Waals surface area contributed by atoms with E-state index in [2.05, 4.69) is 25.8 Å². The Morgan fingerprint density at radius 1 is 1.36 bits per heavy atom. The van der Waals surface area contributed by atoms with Crippen LogP contribution in [0, 0.1) is 5.92 Å². The molecule has 2 heteroatoms. The van der Waals surface area contributed by atoms with Gasteiger partial charge in [0.15, 0.2) is 0 Å². The molecule has 2 heterocycles. The number of ether oxygens (including phenoxy) is 1. The zero-order valence-corrected chi connectivity index (χ0v) is 7.63. The fourth-order valence-electron chi connectivity index (χ4n) is 2.38. The lowest BCUT2D eigenvalue weighted by Crippen LogP contribution is -2.38. The van der Waals surface area contributed by atoms with E-state index in [9.17, 15) is 0 Å². The van der Waals surface area contributed by atoms with Crippen molar-refractivity contribution in [2.75, 3.05) is 20.1 Å². The van der Waals surface area contributed by atoms with Crippen molar-refractivity contribution in [3.63, 3.8) is 0 Å². The predicted molar refractivity (Wildman–Crippen MR) is 44.6 cm³/mol. The van der Waals surface area contributed by atoms with Crippen LogP contribution in [-0.2, 0) is 4.74 Å². The van der Waals surface area contributed by atoms with E-state index in [4.69, 9.17) is 4.74 Å². The van der Waals surface area contributed by atoms with Crippen LogP contribution >= 0.6 is 0 Å². The highest BCUT2D eigenvalue weighted by Crippen LogP contribution is 2.39. The third-order valence-corrected chi connectivity index (χ3v) is 3.05. The molecule has 2 aliphatic heterocycles. The zero-order valence-electron chi connectivity index (χ0n) is 7.63. The summed E-state index contributed by atoms with van der Waals surface area (Å²) in [5.74, 6) is 0.756. The molecule has 2 nitrogen and oxygen atoms in total. The number of likely N-dealkylation sites (N-methyl/N-ethyl adjacent to an activating group) is 1. The molecule has 64 valence electrons. The first-order valence-corrected chi connectivity index (χ1v) is 4.44. The van der Waals surface area contributed by atoms with Gasteiger partial charge in [-0.1, -0.05) is 0 Å². The van der Waals surface area contributed by atoms with Gasteiger partial charge in [0.25, 0.3) is 0 Å². The average Bonchev–Trinajstić information content (AvgIpc) is 2.02. The molecule has 2 rings (SSSR count). The quantitative estimate of drug-likeness (QED) is 0.519. The Kier molecular flexibility index (Phi) is 1.52. The summed E-state index contributed by atoms with van der Waals surface area (Å²) in [6.07, 6.45) is 1.78. The van der Waals surface area contributed by atoms with Gasteiger partial charge in [-0.15, -0.1) is 0 Å². The molecule has 11 heavy (non-hydrogen) atoms. The van der Waals surface area contributed by atoms with Gasteiger partial charge in [-0.05, 0) is 27.3 Å². The highest BCUT2D eigenvalue weighted by atomic mass is 16.5. The summed E-state index contributed by atoms with van der Waals surface area (Å²) in [5.41, 5.74) is 0.134. The topological polar surface area (TPSA) is 12.5 Å². The number of rotatable bonds is 0. The van der Waals surface area contributed by atoms with Gasteiger partial charge in [-0.3, -0.25) is 0 Å². The Morgan fingerprint density at radius 3 is 2.73 bits per heavy atom. The summed E-state index contributed by atoms with van der Waals surface area (Å²) in [6, 6.07) is 0. The van der Waals surface area contributed by atoms with E-state index in [1.807, 2.05) is 0 Å². The maximum absolute atomic E-state index is 5.90. The Morgan fingerprint density at radius 2 is 2.09 bits per heavy atom. The van der Waals surface area contributed by atoms with Gasteiger partial charge < -0.3 is 9.64 Å². The molecule has 2 bridgehead atoms. The monoisotopic (exact) mass is 155 g/mol. The van der Waals surface area contributed by atoms with Crippen molar-refractivity contribution < 1.29 is 4.74 Å². The minimum Gasteiger partial charge on any atom is -0.371 e. The molecule has 0 aromatic rings. The smallest absolute Gasteiger partial charge is 0.0713 e. The molecule has 0 aromatic heterocycles. The number of nitrogens with zero attached hydrogens (tertiary/aromatic N) is 1. The zero-order chi connectivity index (χ0) is 8.06. The van der Waals surface area contributed by atoms with E-state index in [0.29, 0.717) is 6.10 Å². The van der Waals surface area contributed by atoms with E-state index >= 15 is 0 Å². The molecule has 2 atom stereocenters. The van der Waals surface area contributed by atoms with Crippen LogP contribution in [0.2, 0.25) is 0 Å². The molecule has 0 N–H and O–H groups in total. The van der Waals surface area contributed by atoms with Gasteiger partial charge in [0.05, 0.1) is 11.7 Å². The molecular weight excluding hydrogens is 138 g/mol. The fraction of sp³-hybridized carbons (Fsp3) is 1.00. The van der Waals surface area contributed by atoms with E-state index in [1.165, 1.54) is 13.0 Å². The third kappa shape index (κ3) is 1.18. The molecule has 0 amide bonds. The predicted octanol–water partition coefficient (Wildman–Crippen LogP) is 1.12. The molecule has 0 spiro atoms. The van der Waals surface area contributed by atoms with Crippen molar-refractivity contribution in [2.45, 2.75) is 32.0 Å². The Labute approximate surface area is 68.5 Å². The Hall–Kier alpha value is -0.0800. The van der Waals surface area contributed by atoms with Gasteiger partial charge in [-0.25, -0.2) is 0 Å². The molecule has 0 aromatic carbocycles. The van der Waals surface area contributed by atoms with Crippen LogP contribution in [0.15, 0.2) is 0 Å². The summed E-state index contributed by atoms with van der Waals surface area (Å²) in [6.45, 7) is 6.77. The Balaban J connectivity index is 2.14. The van der Waals surface area contributed by atoms with Crippen LogP contribution in [0.25, 0.3) is 0 Å². The molecule has 0 aliphatic carbocycles. The van der Waals surface area contributed by atoms with Crippen LogP contribution in [-0.4, -0.2) is 36.7 Å². The maximum Gasteiger partial charge on any atom is 0.0713 e. The second kappa shape index (κ2) is 2.20. The normalized spacial score (nSPS) is 42.8. The number of piperidine rings is 1. The first-order valence-electron chi connectivity index (χ1n) is 4.44. The van der Waals surface area contributed by atoms with Crippen molar-refractivity contribution in [2.24, 2.45) is 5.92 Å². The van der Waals surface area contributed by atoms with E-state index in [-0.39, 0.29) is 5.60 Å². The standard InChI is InChI=1S/C9H17NO/c1-9(2)7-4-8(11-9)6-10(3)5-7/h7-8H,4-6H2,1-3H3. The van der Waals surface area contributed by atoms with Crippen molar-refractivity contribution in [1.82, 2.24) is 4.90 Å². The first-order chi connectivity index (χ1) is 5.08. The lowest BCUT2D eigenvalue weighted by molar-refractivity contribution is -0.0196. The van der Waals surface area contributed by atoms with Gasteiger partial charge in [-0.2, -0.15) is 0 Å². The van der Waals surface area contributed by atoms with Gasteiger partial charge in [0.2, 0.25) is 0 Å². The number of likely N-dealkylation sites (tertiary alicyclic amines) is 1. The lowest BCUT2D eigenvalue weighted by atomic mass is 9.87. The molecule has 0 saturated carbocycles. The third-order valence-electron chi connectivity index (χ3n) is 3.05. The van der Waals surface area contributed by atoms with Gasteiger partial charge >= 0.3 is 0 Å². The largest absolute Gasteiger partial charge is 0.371 e. The minimum absolute atomic E-state index is 0.134. The number of hydrogen-bond acceptors (Lipinski definition) is 2. The number of hydrogen-bond donors (Lipinski definition) is 0. The number of fused-ring (bicyclic) bond motifs is 2. The van der Waals surface area contributed by atoms with Crippen LogP contribution in [0.5, 0.6) is 0 Å². The lowest BCUT2D eigenvalue weighted by Gasteiger charge is -2.29. The van der Waals surface area contributed by atoms with Crippen LogP contribution < -0.4 is 0 Å². The van der Waals surface area contributed by atoms with E-state index in [1.54, 1.807) is 0 Å². The highest BCUT2D eigenvalue weighted by Gasteiger charge is 2.45. The molecule has 0 radical (unpaired) electrons. The van der Waals surface area contributed by atoms with Crippen molar-refractivity contribution in [1.29, 1.82) is 0 Å². The van der Waals surface area contributed by atoms with Crippen molar-refractivity contribution in [3.05, 3.63) is 0 Å². The molecule has 2 fully saturated rings. The first kappa shape index (κ1) is 7.56. The SMILES string of the molecule is CN1CC2CC(C1)C(C)(C)O2. The summed E-state index contributed by atoms with van der Waals surface area (Å²) >= 11 is 0. The summed E-state index contributed by atoms with van der Waals surface area (Å²) in [7, 11) is 2.18. The minimum atomic E-state index is 0.134. The highest BCUT2D eigenvalue weighted by molar-refractivity contribution is 4.95. The van der Waals surface area contributed by atoms with E-state index < -0.39 is 0 Å². The maximum atomic E-state index is 5.90. The summed E-state index contributed by atoms with van der Waals surface area (Å²) in [4.78, 5) is 2.38. The van der Waals surface area contributed by atoms with E-state index in [0.717, 1.165) is 12.5 Å². The van der Waals surface area contributed by atoms with Gasteiger partial charge in [0, 0.05) is 19.0 Å². The van der Waals surface area contributed by atoms with Crippen LogP contribution in [0.4, 0.5) is 0 Å². The molecule has 2 saturated heterocycles. The van der Waals surface area contributed by atoms with Gasteiger partial charge in [0.1, 0.15) is 0 Å². The molecular formula is C9H17NO. The average molecular weight is 155 g/mol. The fourth-order valence-corrected chi connectivity index (χ4v) is 2.38. The summed E-state index contributed by atoms with van der Waals surface area (Å²) < 4.78 is 5.90. The van der Waals surface area contributed by atoms with Crippen molar-refractivity contribution in [3.8, 4) is 0 Å². The second-order valence-electron chi connectivity index (χ2n) is 4.50. The second-order valence-corrected chi connectivity index (χ2v) is 4.50. The molecule has 2 unspecified atom stereocenters. The van der Waals surface area contributed by atoms with Crippen LogP contribution in [0.3, 0.4) is 0 Å². The van der Waals surface area contributed by atoms with Crippen LogP contribution in [0.1, 0.15) is 20.3 Å².